The highest BCUT2D eigenvalue weighted by Crippen LogP contribution is 2.28. The molecule has 2 rings (SSSR count). The summed E-state index contributed by atoms with van der Waals surface area (Å²) in [6.45, 7) is 0. The number of carbonyl (C=O) groups is 1. The largest absolute Gasteiger partial charge is 0.508 e. The van der Waals surface area contributed by atoms with Gasteiger partial charge in [0.05, 0.1) is 5.75 Å². The van der Waals surface area contributed by atoms with Crippen molar-refractivity contribution in [1.29, 1.82) is 0 Å². The van der Waals surface area contributed by atoms with Gasteiger partial charge in [0, 0.05) is 11.7 Å². The summed E-state index contributed by atoms with van der Waals surface area (Å²) < 4.78 is 0. The molecule has 0 aromatic heterocycles. The molecular formula is C15H20O2S. The molecule has 98 valence electrons. The van der Waals surface area contributed by atoms with Crippen LogP contribution in [0.3, 0.4) is 0 Å². The number of carbonyl (C=O) groups excluding carboxylic acids is 1. The SMILES string of the molecule is O=C(CSC1CCCCC1)Cc1cccc(O)c1. The molecule has 1 N–H and O–H groups in total. The lowest BCUT2D eigenvalue weighted by molar-refractivity contribution is -0.116. The number of benzene rings is 1. The Labute approximate surface area is 113 Å². The van der Waals surface area contributed by atoms with Crippen molar-refractivity contribution in [3.63, 3.8) is 0 Å². The molecule has 0 unspecified atom stereocenters. The lowest BCUT2D eigenvalue weighted by Crippen LogP contribution is -2.13. The number of Topliss-reactive ketones (excluding diaryl/α,β-unsaturated/α-hetero) is 1. The predicted molar refractivity (Wildman–Crippen MR) is 76.1 cm³/mol. The summed E-state index contributed by atoms with van der Waals surface area (Å²) >= 11 is 1.82. The molecule has 0 saturated heterocycles. The lowest BCUT2D eigenvalue weighted by atomic mass is 10.0. The summed E-state index contributed by atoms with van der Waals surface area (Å²) in [6.07, 6.45) is 6.97. The third-order valence-corrected chi connectivity index (χ3v) is 4.78. The number of hydrogen-bond acceptors (Lipinski definition) is 3. The maximum Gasteiger partial charge on any atom is 0.147 e. The van der Waals surface area contributed by atoms with Gasteiger partial charge in [0.25, 0.3) is 0 Å². The Morgan fingerprint density at radius 3 is 2.78 bits per heavy atom. The molecule has 1 aliphatic carbocycles. The normalized spacial score (nSPS) is 16.7. The Hall–Kier alpha value is -0.960. The Morgan fingerprint density at radius 1 is 1.28 bits per heavy atom. The van der Waals surface area contributed by atoms with Gasteiger partial charge in [-0.25, -0.2) is 0 Å². The number of phenols is 1. The van der Waals surface area contributed by atoms with Crippen LogP contribution in [0, 0.1) is 0 Å². The second-order valence-corrected chi connectivity index (χ2v) is 6.25. The number of aromatic hydroxyl groups is 1. The van der Waals surface area contributed by atoms with Crippen LogP contribution in [0.2, 0.25) is 0 Å². The molecule has 3 heteroatoms. The van der Waals surface area contributed by atoms with Crippen molar-refractivity contribution in [2.24, 2.45) is 0 Å². The van der Waals surface area contributed by atoms with Crippen LogP contribution in [0.15, 0.2) is 24.3 Å². The number of ketones is 1. The lowest BCUT2D eigenvalue weighted by Gasteiger charge is -2.20. The fraction of sp³-hybridized carbons (Fsp3) is 0.533. The highest BCUT2D eigenvalue weighted by Gasteiger charge is 2.15. The van der Waals surface area contributed by atoms with E-state index in [2.05, 4.69) is 0 Å². The number of phenolic OH excluding ortho intramolecular Hbond substituents is 1. The Morgan fingerprint density at radius 2 is 2.06 bits per heavy atom. The van der Waals surface area contributed by atoms with E-state index in [1.54, 1.807) is 18.2 Å². The quantitative estimate of drug-likeness (QED) is 0.883. The molecule has 18 heavy (non-hydrogen) atoms. The van der Waals surface area contributed by atoms with Crippen LogP contribution in [0.1, 0.15) is 37.7 Å². The summed E-state index contributed by atoms with van der Waals surface area (Å²) in [5, 5.41) is 10.0. The first-order chi connectivity index (χ1) is 8.74. The Kier molecular flexibility index (Phi) is 5.12. The molecule has 0 bridgehead atoms. The Bertz CT molecular complexity index is 397. The van der Waals surface area contributed by atoms with Crippen molar-refractivity contribution in [2.45, 2.75) is 43.8 Å². The van der Waals surface area contributed by atoms with Crippen LogP contribution in [0.4, 0.5) is 0 Å². The van der Waals surface area contributed by atoms with Crippen LogP contribution in [-0.2, 0) is 11.2 Å². The summed E-state index contributed by atoms with van der Waals surface area (Å²) in [4.78, 5) is 11.9. The molecule has 0 heterocycles. The van der Waals surface area contributed by atoms with Gasteiger partial charge in [0.1, 0.15) is 11.5 Å². The van der Waals surface area contributed by atoms with Crippen molar-refractivity contribution in [3.8, 4) is 5.75 Å². The summed E-state index contributed by atoms with van der Waals surface area (Å²) in [7, 11) is 0. The minimum absolute atomic E-state index is 0.236. The van der Waals surface area contributed by atoms with E-state index in [9.17, 15) is 9.90 Å². The third kappa shape index (κ3) is 4.37. The van der Waals surface area contributed by atoms with Crippen molar-refractivity contribution >= 4 is 17.5 Å². The molecule has 2 nitrogen and oxygen atoms in total. The molecule has 1 aromatic carbocycles. The molecule has 1 aliphatic rings. The first kappa shape index (κ1) is 13.5. The average molecular weight is 264 g/mol. The number of hydrogen-bond donors (Lipinski definition) is 1. The van der Waals surface area contributed by atoms with E-state index in [4.69, 9.17) is 0 Å². The molecule has 0 spiro atoms. The highest BCUT2D eigenvalue weighted by atomic mass is 32.2. The number of thioether (sulfide) groups is 1. The van der Waals surface area contributed by atoms with Gasteiger partial charge in [-0.1, -0.05) is 31.4 Å². The standard InChI is InChI=1S/C15H20O2S/c16-13-6-4-5-12(9-13)10-14(17)11-18-15-7-2-1-3-8-15/h4-6,9,15-16H,1-3,7-8,10-11H2. The fourth-order valence-corrected chi connectivity index (χ4v) is 3.58. The maximum absolute atomic E-state index is 11.9. The minimum atomic E-state index is 0.236. The second kappa shape index (κ2) is 6.83. The molecule has 0 atom stereocenters. The highest BCUT2D eigenvalue weighted by molar-refractivity contribution is 8.00. The van der Waals surface area contributed by atoms with E-state index in [1.807, 2.05) is 17.8 Å². The zero-order chi connectivity index (χ0) is 12.8. The van der Waals surface area contributed by atoms with Gasteiger partial charge in [0.15, 0.2) is 0 Å². The predicted octanol–water partition coefficient (Wildman–Crippen LogP) is 3.57. The van der Waals surface area contributed by atoms with Gasteiger partial charge in [-0.2, -0.15) is 11.8 Å². The van der Waals surface area contributed by atoms with E-state index in [0.717, 1.165) is 5.56 Å². The van der Waals surface area contributed by atoms with E-state index in [1.165, 1.54) is 32.1 Å². The zero-order valence-electron chi connectivity index (χ0n) is 10.6. The molecule has 1 saturated carbocycles. The van der Waals surface area contributed by atoms with Gasteiger partial charge in [0.2, 0.25) is 0 Å². The minimum Gasteiger partial charge on any atom is -0.508 e. The topological polar surface area (TPSA) is 37.3 Å². The van der Waals surface area contributed by atoms with Crippen LogP contribution < -0.4 is 0 Å². The van der Waals surface area contributed by atoms with Gasteiger partial charge in [-0.3, -0.25) is 4.79 Å². The first-order valence-corrected chi connectivity index (χ1v) is 7.70. The van der Waals surface area contributed by atoms with E-state index >= 15 is 0 Å². The molecule has 0 amide bonds. The molecule has 1 fully saturated rings. The smallest absolute Gasteiger partial charge is 0.147 e. The Balaban J connectivity index is 1.74. The monoisotopic (exact) mass is 264 g/mol. The molecule has 1 aromatic rings. The first-order valence-electron chi connectivity index (χ1n) is 6.65. The molecule has 0 aliphatic heterocycles. The molecule has 0 radical (unpaired) electrons. The zero-order valence-corrected chi connectivity index (χ0v) is 11.4. The van der Waals surface area contributed by atoms with E-state index in [0.29, 0.717) is 17.4 Å². The van der Waals surface area contributed by atoms with Crippen molar-refractivity contribution in [1.82, 2.24) is 0 Å². The average Bonchev–Trinajstić information content (AvgIpc) is 2.38. The van der Waals surface area contributed by atoms with Gasteiger partial charge >= 0.3 is 0 Å². The van der Waals surface area contributed by atoms with Crippen molar-refractivity contribution < 1.29 is 9.90 Å². The van der Waals surface area contributed by atoms with Crippen molar-refractivity contribution in [3.05, 3.63) is 29.8 Å². The fourth-order valence-electron chi connectivity index (χ4n) is 2.39. The molecular weight excluding hydrogens is 244 g/mol. The summed E-state index contributed by atoms with van der Waals surface area (Å²) in [5.74, 6) is 1.11. The van der Waals surface area contributed by atoms with Crippen LogP contribution >= 0.6 is 11.8 Å². The van der Waals surface area contributed by atoms with Crippen molar-refractivity contribution in [2.75, 3.05) is 5.75 Å². The summed E-state index contributed by atoms with van der Waals surface area (Å²) in [6, 6.07) is 6.98. The van der Waals surface area contributed by atoms with Crippen LogP contribution in [0.25, 0.3) is 0 Å². The second-order valence-electron chi connectivity index (χ2n) is 4.96. The van der Waals surface area contributed by atoms with E-state index < -0.39 is 0 Å². The van der Waals surface area contributed by atoms with Gasteiger partial charge in [-0.15, -0.1) is 0 Å². The summed E-state index contributed by atoms with van der Waals surface area (Å²) in [5.41, 5.74) is 0.907. The van der Waals surface area contributed by atoms with Gasteiger partial charge < -0.3 is 5.11 Å². The maximum atomic E-state index is 11.9. The third-order valence-electron chi connectivity index (χ3n) is 3.34. The van der Waals surface area contributed by atoms with E-state index in [-0.39, 0.29) is 11.5 Å². The van der Waals surface area contributed by atoms with Gasteiger partial charge in [-0.05, 0) is 30.5 Å². The van der Waals surface area contributed by atoms with Crippen LogP contribution in [0.5, 0.6) is 5.75 Å². The number of rotatable bonds is 5. The van der Waals surface area contributed by atoms with Crippen LogP contribution in [-0.4, -0.2) is 21.9 Å².